The summed E-state index contributed by atoms with van der Waals surface area (Å²) in [6, 6.07) is 15.4. The molecule has 0 unspecified atom stereocenters. The average Bonchev–Trinajstić information content (AvgIpc) is 2.70. The van der Waals surface area contributed by atoms with Crippen molar-refractivity contribution < 1.29 is 9.59 Å². The number of rotatable bonds is 5. The number of likely N-dealkylation sites (N-methyl/N-ethyl adjacent to an activating group) is 1. The molecule has 1 aliphatic heterocycles. The Morgan fingerprint density at radius 2 is 1.67 bits per heavy atom. The summed E-state index contributed by atoms with van der Waals surface area (Å²) in [5, 5.41) is 2.82. The Morgan fingerprint density at radius 1 is 1.04 bits per heavy atom. The lowest BCUT2D eigenvalue weighted by Crippen LogP contribution is -2.34. The molecule has 2 amide bonds. The highest BCUT2D eigenvalue weighted by molar-refractivity contribution is 8.16. The quantitative estimate of drug-likeness (QED) is 0.798. The van der Waals surface area contributed by atoms with Crippen molar-refractivity contribution in [2.24, 2.45) is 0 Å². The molecule has 3 rings (SSSR count). The third kappa shape index (κ3) is 5.53. The van der Waals surface area contributed by atoms with Gasteiger partial charge in [-0.15, -0.1) is 23.5 Å². The van der Waals surface area contributed by atoms with Gasteiger partial charge in [-0.3, -0.25) is 9.59 Å². The fourth-order valence-corrected chi connectivity index (χ4v) is 5.70. The summed E-state index contributed by atoms with van der Waals surface area (Å²) >= 11 is 3.92. The van der Waals surface area contributed by atoms with Gasteiger partial charge in [-0.05, 0) is 54.7 Å². The maximum Gasteiger partial charge on any atom is 0.254 e. The zero-order chi connectivity index (χ0) is 19.2. The summed E-state index contributed by atoms with van der Waals surface area (Å²) in [5.41, 5.74) is 3.73. The fraction of sp³-hybridized carbons (Fsp3) is 0.333. The summed E-state index contributed by atoms with van der Waals surface area (Å²) in [4.78, 5) is 26.2. The first-order valence-corrected chi connectivity index (χ1v) is 11.1. The molecule has 4 nitrogen and oxygen atoms in total. The Morgan fingerprint density at radius 3 is 2.30 bits per heavy atom. The van der Waals surface area contributed by atoms with E-state index in [-0.39, 0.29) is 18.4 Å². The average molecular weight is 401 g/mol. The van der Waals surface area contributed by atoms with Crippen molar-refractivity contribution in [3.8, 4) is 0 Å². The first-order valence-electron chi connectivity index (χ1n) is 8.98. The summed E-state index contributed by atoms with van der Waals surface area (Å²) in [6.45, 7) is 2.01. The monoisotopic (exact) mass is 400 g/mol. The number of hydrogen-bond donors (Lipinski definition) is 1. The maximum atomic E-state index is 12.6. The Labute approximate surface area is 169 Å². The summed E-state index contributed by atoms with van der Waals surface area (Å²) in [7, 11) is 1.65. The van der Waals surface area contributed by atoms with Crippen molar-refractivity contribution >= 4 is 41.0 Å². The minimum Gasteiger partial charge on any atom is -0.332 e. The van der Waals surface area contributed by atoms with Crippen LogP contribution in [0.4, 0.5) is 5.69 Å². The molecule has 2 aromatic rings. The van der Waals surface area contributed by atoms with Crippen molar-refractivity contribution in [2.45, 2.75) is 17.9 Å². The number of carbonyl (C=O) groups excluding carboxylic acids is 2. The molecule has 0 aliphatic carbocycles. The van der Waals surface area contributed by atoms with E-state index in [1.165, 1.54) is 28.4 Å². The lowest BCUT2D eigenvalue weighted by atomic mass is 10.1. The maximum absolute atomic E-state index is 12.6. The lowest BCUT2D eigenvalue weighted by molar-refractivity contribution is -0.116. The van der Waals surface area contributed by atoms with Crippen molar-refractivity contribution in [2.75, 3.05) is 30.4 Å². The third-order valence-electron chi connectivity index (χ3n) is 4.32. The van der Waals surface area contributed by atoms with Crippen LogP contribution in [0.5, 0.6) is 0 Å². The molecule has 0 aromatic heterocycles. The molecule has 27 heavy (non-hydrogen) atoms. The van der Waals surface area contributed by atoms with Gasteiger partial charge in [-0.25, -0.2) is 0 Å². The van der Waals surface area contributed by atoms with Crippen LogP contribution >= 0.6 is 23.5 Å². The highest BCUT2D eigenvalue weighted by Gasteiger charge is 2.18. The van der Waals surface area contributed by atoms with E-state index in [4.69, 9.17) is 0 Å². The number of carbonyl (C=O) groups is 2. The van der Waals surface area contributed by atoms with E-state index in [9.17, 15) is 9.59 Å². The van der Waals surface area contributed by atoms with Crippen molar-refractivity contribution in [3.05, 3.63) is 65.2 Å². The molecule has 2 aromatic carbocycles. The SMILES string of the molecule is Cc1ccc(NC(=O)CN(C)C(=O)c2ccc(C3SCCCS3)cc2)cc1. The number of aryl methyl sites for hydroxylation is 1. The standard InChI is InChI=1S/C21H24N2O2S2/c1-15-4-10-18(11-5-15)22-19(24)14-23(2)20(25)16-6-8-17(9-7-16)21-26-12-3-13-27-21/h4-11,21H,3,12-14H2,1-2H3,(H,22,24). The van der Waals surface area contributed by atoms with E-state index in [1.54, 1.807) is 7.05 Å². The van der Waals surface area contributed by atoms with Crippen LogP contribution in [0.2, 0.25) is 0 Å². The molecule has 0 saturated carbocycles. The number of thioether (sulfide) groups is 2. The number of anilines is 1. The second-order valence-electron chi connectivity index (χ2n) is 6.62. The predicted molar refractivity (Wildman–Crippen MR) is 115 cm³/mol. The van der Waals surface area contributed by atoms with Gasteiger partial charge in [-0.1, -0.05) is 29.8 Å². The Bertz CT molecular complexity index is 785. The van der Waals surface area contributed by atoms with Crippen LogP contribution in [-0.4, -0.2) is 41.8 Å². The second kappa shape index (κ2) is 9.33. The lowest BCUT2D eigenvalue weighted by Gasteiger charge is -2.21. The zero-order valence-electron chi connectivity index (χ0n) is 15.6. The van der Waals surface area contributed by atoms with Crippen LogP contribution in [0.3, 0.4) is 0 Å². The van der Waals surface area contributed by atoms with Crippen LogP contribution in [0.25, 0.3) is 0 Å². The first-order chi connectivity index (χ1) is 13.0. The van der Waals surface area contributed by atoms with Crippen LogP contribution < -0.4 is 5.32 Å². The summed E-state index contributed by atoms with van der Waals surface area (Å²) in [6.07, 6.45) is 1.26. The van der Waals surface area contributed by atoms with Gasteiger partial charge in [0.1, 0.15) is 0 Å². The molecule has 142 valence electrons. The molecule has 0 bridgehead atoms. The molecule has 1 aliphatic rings. The van der Waals surface area contributed by atoms with Gasteiger partial charge in [0.25, 0.3) is 5.91 Å². The predicted octanol–water partition coefficient (Wildman–Crippen LogP) is 4.57. The number of benzene rings is 2. The first kappa shape index (κ1) is 19.8. The largest absolute Gasteiger partial charge is 0.332 e. The number of amides is 2. The van der Waals surface area contributed by atoms with Crippen LogP contribution in [-0.2, 0) is 4.79 Å². The highest BCUT2D eigenvalue weighted by Crippen LogP contribution is 2.43. The molecule has 1 saturated heterocycles. The molecule has 0 spiro atoms. The minimum absolute atomic E-state index is 0.0167. The summed E-state index contributed by atoms with van der Waals surface area (Å²) < 4.78 is 0.459. The molecule has 0 atom stereocenters. The van der Waals surface area contributed by atoms with Gasteiger partial charge in [0.2, 0.25) is 5.91 Å². The molecule has 6 heteroatoms. The fourth-order valence-electron chi connectivity index (χ4n) is 2.81. The minimum atomic E-state index is -0.207. The van der Waals surface area contributed by atoms with Gasteiger partial charge in [0.15, 0.2) is 0 Å². The van der Waals surface area contributed by atoms with Gasteiger partial charge in [-0.2, -0.15) is 0 Å². The molecule has 1 N–H and O–H groups in total. The number of nitrogens with zero attached hydrogens (tertiary/aromatic N) is 1. The number of nitrogens with one attached hydrogen (secondary N) is 1. The van der Waals surface area contributed by atoms with E-state index in [0.29, 0.717) is 10.1 Å². The molecule has 1 fully saturated rings. The highest BCUT2D eigenvalue weighted by atomic mass is 32.2. The second-order valence-corrected chi connectivity index (χ2v) is 9.35. The van der Waals surface area contributed by atoms with Crippen molar-refractivity contribution in [1.82, 2.24) is 4.90 Å². The van der Waals surface area contributed by atoms with Gasteiger partial charge in [0, 0.05) is 18.3 Å². The van der Waals surface area contributed by atoms with Crippen molar-refractivity contribution in [3.63, 3.8) is 0 Å². The van der Waals surface area contributed by atoms with Gasteiger partial charge < -0.3 is 10.2 Å². The van der Waals surface area contributed by atoms with Gasteiger partial charge in [0.05, 0.1) is 11.1 Å². The summed E-state index contributed by atoms with van der Waals surface area (Å²) in [5.74, 6) is 2.03. The topological polar surface area (TPSA) is 49.4 Å². The molecule has 0 radical (unpaired) electrons. The van der Waals surface area contributed by atoms with Gasteiger partial charge >= 0.3 is 0 Å². The van der Waals surface area contributed by atoms with E-state index in [2.05, 4.69) is 5.32 Å². The Kier molecular flexibility index (Phi) is 6.85. The van der Waals surface area contributed by atoms with Crippen molar-refractivity contribution in [1.29, 1.82) is 0 Å². The van der Waals surface area contributed by atoms with E-state index >= 15 is 0 Å². The third-order valence-corrected chi connectivity index (χ3v) is 7.33. The van der Waals surface area contributed by atoms with Crippen LogP contribution in [0.1, 0.15) is 32.5 Å². The van der Waals surface area contributed by atoms with E-state index < -0.39 is 0 Å². The van der Waals surface area contributed by atoms with E-state index in [1.807, 2.05) is 79.0 Å². The number of hydrogen-bond acceptors (Lipinski definition) is 4. The van der Waals surface area contributed by atoms with E-state index in [0.717, 1.165) is 11.3 Å². The molecular weight excluding hydrogens is 376 g/mol. The molecule has 1 heterocycles. The normalized spacial score (nSPS) is 14.6. The Balaban J connectivity index is 1.56. The zero-order valence-corrected chi connectivity index (χ0v) is 17.2. The smallest absolute Gasteiger partial charge is 0.254 e. The Hall–Kier alpha value is -1.92. The molecular formula is C21H24N2O2S2. The van der Waals surface area contributed by atoms with Crippen LogP contribution in [0.15, 0.2) is 48.5 Å². The van der Waals surface area contributed by atoms with Crippen LogP contribution in [0, 0.1) is 6.92 Å².